The zero-order chi connectivity index (χ0) is 15.8. The number of hydrogen-bond acceptors (Lipinski definition) is 5. The summed E-state index contributed by atoms with van der Waals surface area (Å²) in [6, 6.07) is 0.496. The third-order valence-corrected chi connectivity index (χ3v) is 2.60. The Morgan fingerprint density at radius 2 is 2.00 bits per heavy atom. The Balaban J connectivity index is 2.46. The number of carbonyl (C=O) groups is 3. The van der Waals surface area contributed by atoms with Crippen LogP contribution in [0.2, 0.25) is 0 Å². The number of carboxylic acid groups (broad SMARTS) is 1. The fraction of sp³-hybridized carbons (Fsp3) is 0.462. The molecule has 3 N–H and O–H groups in total. The molecule has 1 atom stereocenters. The molecular weight excluding hydrogens is 276 g/mol. The van der Waals surface area contributed by atoms with Gasteiger partial charge < -0.3 is 15.7 Å². The van der Waals surface area contributed by atoms with Crippen molar-refractivity contribution in [3.05, 3.63) is 24.0 Å². The van der Waals surface area contributed by atoms with Crippen LogP contribution in [0.3, 0.4) is 0 Å². The number of nitrogens with zero attached hydrogens (tertiary/aromatic N) is 2. The van der Waals surface area contributed by atoms with E-state index in [1.165, 1.54) is 18.5 Å². The molecule has 0 fully saturated rings. The summed E-state index contributed by atoms with van der Waals surface area (Å²) in [6.45, 7) is 3.42. The van der Waals surface area contributed by atoms with Crippen molar-refractivity contribution in [1.29, 1.82) is 0 Å². The maximum Gasteiger partial charge on any atom is 0.326 e. The lowest BCUT2D eigenvalue weighted by Crippen LogP contribution is -2.46. The standard InChI is InChI=1S/C13H18N4O4/c1-8(2)5-10(13(20)21)17-11(18)7-14-12(19)9-3-4-15-16-6-9/h3-4,6,8,10H,5,7H2,1-2H3,(H,14,19)(H,17,18)(H,20,21)/t10-/m0/s1. The second-order valence-electron chi connectivity index (χ2n) is 4.90. The van der Waals surface area contributed by atoms with Crippen LogP contribution in [-0.4, -0.2) is 45.7 Å². The summed E-state index contributed by atoms with van der Waals surface area (Å²) in [6.07, 6.45) is 2.95. The van der Waals surface area contributed by atoms with Crippen LogP contribution in [0.15, 0.2) is 18.5 Å². The van der Waals surface area contributed by atoms with Gasteiger partial charge in [-0.25, -0.2) is 4.79 Å². The monoisotopic (exact) mass is 294 g/mol. The zero-order valence-corrected chi connectivity index (χ0v) is 11.9. The van der Waals surface area contributed by atoms with Gasteiger partial charge in [-0.05, 0) is 18.4 Å². The van der Waals surface area contributed by atoms with E-state index in [1.54, 1.807) is 0 Å². The van der Waals surface area contributed by atoms with E-state index in [4.69, 9.17) is 5.11 Å². The molecule has 0 unspecified atom stereocenters. The van der Waals surface area contributed by atoms with Crippen molar-refractivity contribution in [3.8, 4) is 0 Å². The first-order valence-corrected chi connectivity index (χ1v) is 6.47. The van der Waals surface area contributed by atoms with Gasteiger partial charge in [0.25, 0.3) is 5.91 Å². The molecule has 0 bridgehead atoms. The minimum Gasteiger partial charge on any atom is -0.480 e. The van der Waals surface area contributed by atoms with Crippen LogP contribution in [0, 0.1) is 5.92 Å². The average molecular weight is 294 g/mol. The van der Waals surface area contributed by atoms with Crippen molar-refractivity contribution in [2.45, 2.75) is 26.3 Å². The topological polar surface area (TPSA) is 121 Å². The number of carboxylic acids is 1. The Morgan fingerprint density at radius 1 is 1.29 bits per heavy atom. The Bertz CT molecular complexity index is 504. The van der Waals surface area contributed by atoms with Crippen molar-refractivity contribution in [2.75, 3.05) is 6.54 Å². The largest absolute Gasteiger partial charge is 0.480 e. The van der Waals surface area contributed by atoms with Gasteiger partial charge in [-0.3, -0.25) is 9.59 Å². The fourth-order valence-corrected chi connectivity index (χ4v) is 1.63. The minimum absolute atomic E-state index is 0.129. The quantitative estimate of drug-likeness (QED) is 0.641. The molecule has 0 aromatic carbocycles. The fourth-order valence-electron chi connectivity index (χ4n) is 1.63. The number of nitrogens with one attached hydrogen (secondary N) is 2. The highest BCUT2D eigenvalue weighted by Crippen LogP contribution is 2.04. The molecule has 0 aliphatic heterocycles. The predicted molar refractivity (Wildman–Crippen MR) is 73.4 cm³/mol. The van der Waals surface area contributed by atoms with Crippen LogP contribution in [-0.2, 0) is 9.59 Å². The average Bonchev–Trinajstić information content (AvgIpc) is 2.44. The molecule has 1 aromatic heterocycles. The molecule has 0 radical (unpaired) electrons. The second kappa shape index (κ2) is 7.93. The van der Waals surface area contributed by atoms with Crippen molar-refractivity contribution in [2.24, 2.45) is 5.92 Å². The highest BCUT2D eigenvalue weighted by atomic mass is 16.4. The number of amides is 2. The number of aliphatic carboxylic acids is 1. The Hall–Kier alpha value is -2.51. The minimum atomic E-state index is -1.10. The maximum atomic E-state index is 11.7. The van der Waals surface area contributed by atoms with Crippen molar-refractivity contribution < 1.29 is 19.5 Å². The van der Waals surface area contributed by atoms with Crippen LogP contribution in [0.25, 0.3) is 0 Å². The molecule has 0 aliphatic carbocycles. The van der Waals surface area contributed by atoms with Crippen molar-refractivity contribution in [3.63, 3.8) is 0 Å². The lowest BCUT2D eigenvalue weighted by atomic mass is 10.0. The zero-order valence-electron chi connectivity index (χ0n) is 11.9. The van der Waals surface area contributed by atoms with Gasteiger partial charge >= 0.3 is 5.97 Å². The molecule has 0 saturated heterocycles. The van der Waals surface area contributed by atoms with E-state index in [9.17, 15) is 14.4 Å². The van der Waals surface area contributed by atoms with Gasteiger partial charge in [0.1, 0.15) is 6.04 Å². The summed E-state index contributed by atoms with van der Waals surface area (Å²) in [4.78, 5) is 34.3. The van der Waals surface area contributed by atoms with Gasteiger partial charge in [0.05, 0.1) is 24.5 Å². The Kier molecular flexibility index (Phi) is 6.25. The molecule has 0 saturated carbocycles. The molecular formula is C13H18N4O4. The summed E-state index contributed by atoms with van der Waals surface area (Å²) in [5.74, 6) is -2.00. The van der Waals surface area contributed by atoms with E-state index >= 15 is 0 Å². The van der Waals surface area contributed by atoms with Crippen LogP contribution >= 0.6 is 0 Å². The van der Waals surface area contributed by atoms with Crippen molar-refractivity contribution in [1.82, 2.24) is 20.8 Å². The second-order valence-corrected chi connectivity index (χ2v) is 4.90. The number of rotatable bonds is 7. The lowest BCUT2D eigenvalue weighted by Gasteiger charge is -2.16. The van der Waals surface area contributed by atoms with Crippen LogP contribution in [0.5, 0.6) is 0 Å². The third-order valence-electron chi connectivity index (χ3n) is 2.60. The summed E-state index contributed by atoms with van der Waals surface area (Å²) in [7, 11) is 0. The summed E-state index contributed by atoms with van der Waals surface area (Å²) in [5.41, 5.74) is 0.273. The normalized spacial score (nSPS) is 11.8. The Labute approximate surface area is 122 Å². The first-order chi connectivity index (χ1) is 9.90. The molecule has 114 valence electrons. The molecule has 8 nitrogen and oxygen atoms in total. The molecule has 1 aromatic rings. The van der Waals surface area contributed by atoms with E-state index in [0.29, 0.717) is 6.42 Å². The smallest absolute Gasteiger partial charge is 0.326 e. The SMILES string of the molecule is CC(C)C[C@H](NC(=O)CNC(=O)c1ccnnc1)C(=O)O. The van der Waals surface area contributed by atoms with Crippen LogP contribution < -0.4 is 10.6 Å². The third kappa shape index (κ3) is 5.98. The summed E-state index contributed by atoms with van der Waals surface area (Å²) >= 11 is 0. The lowest BCUT2D eigenvalue weighted by molar-refractivity contribution is -0.142. The van der Waals surface area contributed by atoms with Crippen LogP contribution in [0.4, 0.5) is 0 Å². The molecule has 8 heteroatoms. The molecule has 1 rings (SSSR count). The number of hydrogen-bond donors (Lipinski definition) is 3. The molecule has 1 heterocycles. The Morgan fingerprint density at radius 3 is 2.52 bits per heavy atom. The van der Waals surface area contributed by atoms with Gasteiger partial charge in [0.15, 0.2) is 0 Å². The van der Waals surface area contributed by atoms with E-state index in [-0.39, 0.29) is 18.0 Å². The summed E-state index contributed by atoms with van der Waals surface area (Å²) < 4.78 is 0. The predicted octanol–water partition coefficient (Wildman–Crippen LogP) is -0.178. The maximum absolute atomic E-state index is 11.7. The number of aromatic nitrogens is 2. The summed E-state index contributed by atoms with van der Waals surface area (Å²) in [5, 5.41) is 20.9. The van der Waals surface area contributed by atoms with Crippen molar-refractivity contribution >= 4 is 17.8 Å². The van der Waals surface area contributed by atoms with E-state index in [2.05, 4.69) is 20.8 Å². The molecule has 0 aliphatic rings. The first-order valence-electron chi connectivity index (χ1n) is 6.47. The van der Waals surface area contributed by atoms with E-state index in [0.717, 1.165) is 0 Å². The van der Waals surface area contributed by atoms with Gasteiger partial charge in [0.2, 0.25) is 5.91 Å². The first kappa shape index (κ1) is 16.5. The molecule has 21 heavy (non-hydrogen) atoms. The van der Waals surface area contributed by atoms with Gasteiger partial charge in [-0.15, -0.1) is 0 Å². The molecule has 0 spiro atoms. The number of carbonyl (C=O) groups excluding carboxylic acids is 2. The van der Waals surface area contributed by atoms with Gasteiger partial charge in [-0.2, -0.15) is 10.2 Å². The van der Waals surface area contributed by atoms with E-state index in [1.807, 2.05) is 13.8 Å². The van der Waals surface area contributed by atoms with Crippen LogP contribution in [0.1, 0.15) is 30.6 Å². The van der Waals surface area contributed by atoms with Gasteiger partial charge in [-0.1, -0.05) is 13.8 Å². The highest BCUT2D eigenvalue weighted by Gasteiger charge is 2.21. The highest BCUT2D eigenvalue weighted by molar-refractivity contribution is 5.96. The van der Waals surface area contributed by atoms with E-state index < -0.39 is 23.8 Å². The molecule has 2 amide bonds. The van der Waals surface area contributed by atoms with Gasteiger partial charge in [0, 0.05) is 0 Å².